The van der Waals surface area contributed by atoms with E-state index in [0.717, 1.165) is 5.56 Å². The van der Waals surface area contributed by atoms with Crippen LogP contribution in [0.3, 0.4) is 0 Å². The van der Waals surface area contributed by atoms with Crippen molar-refractivity contribution in [1.29, 1.82) is 0 Å². The summed E-state index contributed by atoms with van der Waals surface area (Å²) in [5.41, 5.74) is 1.05. The highest BCUT2D eigenvalue weighted by Crippen LogP contribution is 2.27. The summed E-state index contributed by atoms with van der Waals surface area (Å²) < 4.78 is 0. The highest BCUT2D eigenvalue weighted by Gasteiger charge is 2.22. The number of rotatable bonds is 3. The van der Waals surface area contributed by atoms with Gasteiger partial charge in [-0.1, -0.05) is 46.3 Å². The van der Waals surface area contributed by atoms with Crippen molar-refractivity contribution < 1.29 is 14.6 Å². The number of hydrogen-bond donors (Lipinski definition) is 0. The predicted molar refractivity (Wildman–Crippen MR) is 62.9 cm³/mol. The summed E-state index contributed by atoms with van der Waals surface area (Å²) in [6.07, 6.45) is 2.29. The van der Waals surface area contributed by atoms with Gasteiger partial charge in [-0.3, -0.25) is 4.79 Å². The molecular formula is C12H11BrO3. The molecule has 0 aromatic heterocycles. The average molecular weight is 283 g/mol. The molecule has 84 valence electrons. The third-order valence-electron chi connectivity index (χ3n) is 2.34. The van der Waals surface area contributed by atoms with Crippen LogP contribution in [0.2, 0.25) is 0 Å². The molecule has 0 saturated carbocycles. The number of halogens is 1. The minimum atomic E-state index is -0.131. The molecule has 0 fully saturated rings. The number of carbonyl (C=O) groups excluding carboxylic acids is 1. The van der Waals surface area contributed by atoms with Gasteiger partial charge < -0.3 is 4.89 Å². The van der Waals surface area contributed by atoms with Crippen LogP contribution in [-0.2, 0) is 14.6 Å². The Morgan fingerprint density at radius 3 is 2.69 bits per heavy atom. The zero-order valence-corrected chi connectivity index (χ0v) is 10.1. The summed E-state index contributed by atoms with van der Waals surface area (Å²) in [6, 6.07) is 9.78. The van der Waals surface area contributed by atoms with Crippen LogP contribution in [-0.4, -0.2) is 11.1 Å². The van der Waals surface area contributed by atoms with Crippen molar-refractivity contribution in [2.24, 2.45) is 0 Å². The lowest BCUT2D eigenvalue weighted by Crippen LogP contribution is -2.15. The van der Waals surface area contributed by atoms with Crippen molar-refractivity contribution >= 4 is 21.7 Å². The molecule has 0 saturated heterocycles. The summed E-state index contributed by atoms with van der Waals surface area (Å²) in [5, 5.41) is 0.248. The third kappa shape index (κ3) is 2.51. The SMILES string of the molecule is O=C(CBr)C1=CCC(c2ccccc2)OO1. The Bertz CT molecular complexity index is 400. The zero-order valence-electron chi connectivity index (χ0n) is 8.56. The second kappa shape index (κ2) is 5.27. The first-order valence-electron chi connectivity index (χ1n) is 4.99. The van der Waals surface area contributed by atoms with Gasteiger partial charge in [0.25, 0.3) is 0 Å². The first-order chi connectivity index (χ1) is 7.81. The topological polar surface area (TPSA) is 35.5 Å². The Kier molecular flexibility index (Phi) is 3.74. The molecule has 1 unspecified atom stereocenters. The van der Waals surface area contributed by atoms with Gasteiger partial charge in [0, 0.05) is 6.42 Å². The second-order valence-electron chi connectivity index (χ2n) is 3.44. The van der Waals surface area contributed by atoms with Crippen LogP contribution in [0.4, 0.5) is 0 Å². The van der Waals surface area contributed by atoms with Crippen molar-refractivity contribution in [3.63, 3.8) is 0 Å². The molecule has 0 bridgehead atoms. The molecule has 0 amide bonds. The molecule has 2 rings (SSSR count). The number of benzene rings is 1. The van der Waals surface area contributed by atoms with Gasteiger partial charge in [0.05, 0.1) is 5.33 Å². The molecule has 1 heterocycles. The lowest BCUT2D eigenvalue weighted by atomic mass is 10.1. The maximum Gasteiger partial charge on any atom is 0.211 e. The van der Waals surface area contributed by atoms with E-state index < -0.39 is 0 Å². The van der Waals surface area contributed by atoms with Gasteiger partial charge in [-0.2, -0.15) is 4.89 Å². The molecule has 3 nitrogen and oxygen atoms in total. The fourth-order valence-electron chi connectivity index (χ4n) is 1.48. The molecule has 0 aliphatic carbocycles. The van der Waals surface area contributed by atoms with Gasteiger partial charge in [0.1, 0.15) is 6.10 Å². The van der Waals surface area contributed by atoms with Crippen LogP contribution in [0.25, 0.3) is 0 Å². The Morgan fingerprint density at radius 2 is 2.12 bits per heavy atom. The quantitative estimate of drug-likeness (QED) is 0.632. The maximum absolute atomic E-state index is 11.3. The van der Waals surface area contributed by atoms with E-state index in [1.165, 1.54) is 0 Å². The highest BCUT2D eigenvalue weighted by molar-refractivity contribution is 9.09. The van der Waals surface area contributed by atoms with E-state index in [2.05, 4.69) is 15.9 Å². The van der Waals surface area contributed by atoms with Crippen LogP contribution in [0.15, 0.2) is 42.2 Å². The molecule has 1 aromatic rings. The van der Waals surface area contributed by atoms with E-state index in [4.69, 9.17) is 9.78 Å². The van der Waals surface area contributed by atoms with E-state index in [-0.39, 0.29) is 23.0 Å². The summed E-state index contributed by atoms with van der Waals surface area (Å²) in [5.74, 6) is 0.176. The van der Waals surface area contributed by atoms with Crippen molar-refractivity contribution in [2.75, 3.05) is 5.33 Å². The third-order valence-corrected chi connectivity index (χ3v) is 2.85. The lowest BCUT2D eigenvalue weighted by Gasteiger charge is -2.20. The van der Waals surface area contributed by atoms with E-state index in [0.29, 0.717) is 6.42 Å². The fourth-order valence-corrected chi connectivity index (χ4v) is 1.76. The van der Waals surface area contributed by atoms with Crippen molar-refractivity contribution in [2.45, 2.75) is 12.5 Å². The fraction of sp³-hybridized carbons (Fsp3) is 0.250. The highest BCUT2D eigenvalue weighted by atomic mass is 79.9. The van der Waals surface area contributed by atoms with Gasteiger partial charge >= 0.3 is 0 Å². The van der Waals surface area contributed by atoms with Gasteiger partial charge in [-0.15, -0.1) is 0 Å². The van der Waals surface area contributed by atoms with E-state index >= 15 is 0 Å². The number of ketones is 1. The van der Waals surface area contributed by atoms with Gasteiger partial charge in [-0.05, 0) is 11.6 Å². The monoisotopic (exact) mass is 282 g/mol. The normalized spacial score (nSPS) is 19.8. The van der Waals surface area contributed by atoms with Crippen molar-refractivity contribution in [1.82, 2.24) is 0 Å². The Morgan fingerprint density at radius 1 is 1.38 bits per heavy atom. The molecule has 1 aliphatic rings. The molecular weight excluding hydrogens is 272 g/mol. The summed E-state index contributed by atoms with van der Waals surface area (Å²) in [4.78, 5) is 21.5. The molecule has 4 heteroatoms. The van der Waals surface area contributed by atoms with Gasteiger partial charge in [-0.25, -0.2) is 0 Å². The average Bonchev–Trinajstić information content (AvgIpc) is 2.39. The van der Waals surface area contributed by atoms with Crippen LogP contribution in [0.5, 0.6) is 0 Å². The van der Waals surface area contributed by atoms with Gasteiger partial charge in [0.2, 0.25) is 11.5 Å². The summed E-state index contributed by atoms with van der Waals surface area (Å²) in [6.45, 7) is 0. The van der Waals surface area contributed by atoms with Crippen LogP contribution >= 0.6 is 15.9 Å². The minimum absolute atomic E-state index is 0.105. The molecule has 0 spiro atoms. The molecule has 1 atom stereocenters. The summed E-state index contributed by atoms with van der Waals surface area (Å²) in [7, 11) is 0. The second-order valence-corrected chi connectivity index (χ2v) is 4.00. The lowest BCUT2D eigenvalue weighted by molar-refractivity contribution is -0.303. The van der Waals surface area contributed by atoms with E-state index in [1.807, 2.05) is 30.3 Å². The predicted octanol–water partition coefficient (Wildman–Crippen LogP) is 2.93. The van der Waals surface area contributed by atoms with Crippen molar-refractivity contribution in [3.05, 3.63) is 47.7 Å². The molecule has 1 aromatic carbocycles. The largest absolute Gasteiger partial charge is 0.333 e. The Balaban J connectivity index is 2.05. The smallest absolute Gasteiger partial charge is 0.211 e. The molecule has 0 radical (unpaired) electrons. The van der Waals surface area contributed by atoms with Crippen molar-refractivity contribution in [3.8, 4) is 0 Å². The standard InChI is InChI=1S/C12H11BrO3/c13-8-10(14)12-7-6-11(15-16-12)9-4-2-1-3-5-9/h1-5,7,11H,6,8H2. The first kappa shape index (κ1) is 11.4. The van der Waals surface area contributed by atoms with E-state index in [9.17, 15) is 4.79 Å². The van der Waals surface area contributed by atoms with Gasteiger partial charge in [0.15, 0.2) is 0 Å². The zero-order chi connectivity index (χ0) is 11.4. The summed E-state index contributed by atoms with van der Waals surface area (Å²) >= 11 is 3.08. The minimum Gasteiger partial charge on any atom is -0.333 e. The molecule has 0 N–H and O–H groups in total. The van der Waals surface area contributed by atoms with Crippen LogP contribution in [0.1, 0.15) is 18.1 Å². The Hall–Kier alpha value is -1.13. The first-order valence-corrected chi connectivity index (χ1v) is 6.11. The molecule has 1 aliphatic heterocycles. The van der Waals surface area contributed by atoms with E-state index in [1.54, 1.807) is 6.08 Å². The number of carbonyl (C=O) groups is 1. The number of allylic oxidation sites excluding steroid dienone is 1. The number of hydrogen-bond acceptors (Lipinski definition) is 3. The number of alkyl halides is 1. The Labute approximate surface area is 102 Å². The number of Topliss-reactive ketones (excluding diaryl/α,β-unsaturated/α-hetero) is 1. The van der Waals surface area contributed by atoms with Crippen LogP contribution in [0, 0.1) is 0 Å². The van der Waals surface area contributed by atoms with Crippen LogP contribution < -0.4 is 0 Å². The molecule has 16 heavy (non-hydrogen) atoms. The maximum atomic E-state index is 11.3.